The molecule has 1 aromatic rings. The average Bonchev–Trinajstić information content (AvgIpc) is 2.73. The van der Waals surface area contributed by atoms with Crippen LogP contribution in [0.15, 0.2) is 24.8 Å². The fourth-order valence-corrected chi connectivity index (χ4v) is 3.11. The Hall–Kier alpha value is -1.42. The first-order valence-electron chi connectivity index (χ1n) is 6.59. The topological polar surface area (TPSA) is 32.3 Å². The lowest BCUT2D eigenvalue weighted by Gasteiger charge is -2.48. The zero-order valence-corrected chi connectivity index (χ0v) is 11.0. The predicted octanol–water partition coefficient (Wildman–Crippen LogP) is 1.48. The van der Waals surface area contributed by atoms with Crippen molar-refractivity contribution in [1.29, 1.82) is 0 Å². The molecule has 3 heterocycles. The standard InChI is InChI=1S/C14H20N4/c1-3-7-17-8-6-14(9-17)10-18(11-14)13-5-4-12(2)15-16-13/h3-5H,1,6-11H2,2H3. The molecule has 0 aromatic carbocycles. The van der Waals surface area contributed by atoms with E-state index in [0.29, 0.717) is 5.41 Å². The number of hydrogen-bond donors (Lipinski definition) is 0. The van der Waals surface area contributed by atoms with Crippen LogP contribution in [0, 0.1) is 12.3 Å². The van der Waals surface area contributed by atoms with Crippen LogP contribution >= 0.6 is 0 Å². The Balaban J connectivity index is 1.60. The summed E-state index contributed by atoms with van der Waals surface area (Å²) in [6.45, 7) is 11.5. The highest BCUT2D eigenvalue weighted by Crippen LogP contribution is 2.40. The molecule has 0 atom stereocenters. The third-order valence-corrected chi connectivity index (χ3v) is 4.07. The van der Waals surface area contributed by atoms with Crippen molar-refractivity contribution >= 4 is 5.82 Å². The molecule has 0 bridgehead atoms. The molecule has 4 heteroatoms. The van der Waals surface area contributed by atoms with Gasteiger partial charge in [0.2, 0.25) is 0 Å². The number of rotatable bonds is 3. The zero-order chi connectivity index (χ0) is 12.6. The van der Waals surface area contributed by atoms with Crippen LogP contribution in [-0.4, -0.2) is 47.8 Å². The van der Waals surface area contributed by atoms with E-state index in [-0.39, 0.29) is 0 Å². The van der Waals surface area contributed by atoms with Gasteiger partial charge in [0, 0.05) is 31.6 Å². The molecule has 3 rings (SSSR count). The molecule has 0 amide bonds. The SMILES string of the molecule is C=CCN1CCC2(C1)CN(c1ccc(C)nn1)C2. The van der Waals surface area contributed by atoms with Crippen molar-refractivity contribution in [2.24, 2.45) is 5.41 Å². The highest BCUT2D eigenvalue weighted by atomic mass is 15.3. The maximum absolute atomic E-state index is 4.26. The lowest BCUT2D eigenvalue weighted by atomic mass is 9.79. The number of likely N-dealkylation sites (tertiary alicyclic amines) is 1. The van der Waals surface area contributed by atoms with E-state index >= 15 is 0 Å². The zero-order valence-electron chi connectivity index (χ0n) is 11.0. The van der Waals surface area contributed by atoms with E-state index in [1.807, 2.05) is 19.1 Å². The highest BCUT2D eigenvalue weighted by molar-refractivity contribution is 5.42. The largest absolute Gasteiger partial charge is 0.354 e. The van der Waals surface area contributed by atoms with Gasteiger partial charge in [-0.3, -0.25) is 4.90 Å². The molecule has 4 nitrogen and oxygen atoms in total. The Labute approximate surface area is 108 Å². The van der Waals surface area contributed by atoms with Crippen molar-refractivity contribution in [3.05, 3.63) is 30.5 Å². The Morgan fingerprint density at radius 1 is 1.33 bits per heavy atom. The molecular weight excluding hydrogens is 224 g/mol. The van der Waals surface area contributed by atoms with Gasteiger partial charge in [-0.25, -0.2) is 0 Å². The maximum atomic E-state index is 4.26. The lowest BCUT2D eigenvalue weighted by Crippen LogP contribution is -2.58. The van der Waals surface area contributed by atoms with Gasteiger partial charge in [0.05, 0.1) is 5.69 Å². The van der Waals surface area contributed by atoms with E-state index in [0.717, 1.165) is 31.1 Å². The van der Waals surface area contributed by atoms with Crippen LogP contribution < -0.4 is 4.90 Å². The summed E-state index contributed by atoms with van der Waals surface area (Å²) >= 11 is 0. The molecule has 1 aromatic heterocycles. The smallest absolute Gasteiger partial charge is 0.151 e. The molecular formula is C14H20N4. The monoisotopic (exact) mass is 244 g/mol. The van der Waals surface area contributed by atoms with Crippen molar-refractivity contribution in [1.82, 2.24) is 15.1 Å². The average molecular weight is 244 g/mol. The molecule has 2 aliphatic heterocycles. The minimum atomic E-state index is 0.496. The second-order valence-electron chi connectivity index (χ2n) is 5.66. The first-order valence-corrected chi connectivity index (χ1v) is 6.59. The van der Waals surface area contributed by atoms with Crippen molar-refractivity contribution < 1.29 is 0 Å². The first-order chi connectivity index (χ1) is 8.71. The molecule has 96 valence electrons. The number of aryl methyl sites for hydroxylation is 1. The van der Waals surface area contributed by atoms with Gasteiger partial charge in [-0.2, -0.15) is 5.10 Å². The van der Waals surface area contributed by atoms with Crippen LogP contribution in [0.3, 0.4) is 0 Å². The van der Waals surface area contributed by atoms with Crippen LogP contribution in [0.5, 0.6) is 0 Å². The van der Waals surface area contributed by atoms with Crippen LogP contribution in [0.25, 0.3) is 0 Å². The van der Waals surface area contributed by atoms with Crippen LogP contribution in [0.2, 0.25) is 0 Å². The molecule has 0 radical (unpaired) electrons. The second kappa shape index (κ2) is 4.35. The normalized spacial score (nSPS) is 22.2. The summed E-state index contributed by atoms with van der Waals surface area (Å²) in [5.41, 5.74) is 1.47. The van der Waals surface area contributed by atoms with Gasteiger partial charge < -0.3 is 4.90 Å². The maximum Gasteiger partial charge on any atom is 0.151 e. The summed E-state index contributed by atoms with van der Waals surface area (Å²) < 4.78 is 0. The van der Waals surface area contributed by atoms with Gasteiger partial charge in [-0.1, -0.05) is 6.08 Å². The third-order valence-electron chi connectivity index (χ3n) is 4.07. The number of anilines is 1. The van der Waals surface area contributed by atoms with Gasteiger partial charge >= 0.3 is 0 Å². The molecule has 2 saturated heterocycles. The van der Waals surface area contributed by atoms with E-state index in [9.17, 15) is 0 Å². The van der Waals surface area contributed by atoms with Crippen LogP contribution in [0.1, 0.15) is 12.1 Å². The molecule has 0 unspecified atom stereocenters. The van der Waals surface area contributed by atoms with Crippen molar-refractivity contribution in [3.8, 4) is 0 Å². The first kappa shape index (κ1) is 11.7. The fraction of sp³-hybridized carbons (Fsp3) is 0.571. The minimum absolute atomic E-state index is 0.496. The molecule has 2 fully saturated rings. The summed E-state index contributed by atoms with van der Waals surface area (Å²) in [6, 6.07) is 4.11. The Morgan fingerprint density at radius 3 is 2.83 bits per heavy atom. The van der Waals surface area contributed by atoms with Crippen molar-refractivity contribution in [3.63, 3.8) is 0 Å². The van der Waals surface area contributed by atoms with Crippen LogP contribution in [-0.2, 0) is 0 Å². The Bertz CT molecular complexity index is 434. The second-order valence-corrected chi connectivity index (χ2v) is 5.66. The predicted molar refractivity (Wildman–Crippen MR) is 72.7 cm³/mol. The Kier molecular flexibility index (Phi) is 2.82. The van der Waals surface area contributed by atoms with E-state index in [2.05, 4.69) is 32.6 Å². The van der Waals surface area contributed by atoms with Gasteiger partial charge in [0.1, 0.15) is 0 Å². The number of aromatic nitrogens is 2. The summed E-state index contributed by atoms with van der Waals surface area (Å²) in [5.74, 6) is 1.02. The molecule has 2 aliphatic rings. The van der Waals surface area contributed by atoms with Gasteiger partial charge in [0.15, 0.2) is 5.82 Å². The number of nitrogens with zero attached hydrogens (tertiary/aromatic N) is 4. The third kappa shape index (κ3) is 2.01. The van der Waals surface area contributed by atoms with E-state index in [1.165, 1.54) is 19.5 Å². The molecule has 0 aliphatic carbocycles. The van der Waals surface area contributed by atoms with E-state index < -0.39 is 0 Å². The van der Waals surface area contributed by atoms with Crippen molar-refractivity contribution in [2.75, 3.05) is 37.6 Å². The quantitative estimate of drug-likeness (QED) is 0.754. The van der Waals surface area contributed by atoms with Gasteiger partial charge in [-0.05, 0) is 32.0 Å². The minimum Gasteiger partial charge on any atom is -0.354 e. The molecule has 18 heavy (non-hydrogen) atoms. The van der Waals surface area contributed by atoms with E-state index in [4.69, 9.17) is 0 Å². The van der Waals surface area contributed by atoms with Gasteiger partial charge in [0.25, 0.3) is 0 Å². The number of hydrogen-bond acceptors (Lipinski definition) is 4. The molecule has 0 N–H and O–H groups in total. The van der Waals surface area contributed by atoms with Gasteiger partial charge in [-0.15, -0.1) is 11.7 Å². The van der Waals surface area contributed by atoms with E-state index in [1.54, 1.807) is 0 Å². The summed E-state index contributed by atoms with van der Waals surface area (Å²) in [4.78, 5) is 4.83. The summed E-state index contributed by atoms with van der Waals surface area (Å²) in [7, 11) is 0. The summed E-state index contributed by atoms with van der Waals surface area (Å²) in [6.07, 6.45) is 3.30. The lowest BCUT2D eigenvalue weighted by molar-refractivity contribution is 0.210. The molecule has 1 spiro atoms. The highest BCUT2D eigenvalue weighted by Gasteiger charge is 2.47. The summed E-state index contributed by atoms with van der Waals surface area (Å²) in [5, 5.41) is 8.38. The molecule has 0 saturated carbocycles. The van der Waals surface area contributed by atoms with Crippen molar-refractivity contribution in [2.45, 2.75) is 13.3 Å². The fourth-order valence-electron chi connectivity index (χ4n) is 3.11. The Morgan fingerprint density at radius 2 is 2.17 bits per heavy atom. The van der Waals surface area contributed by atoms with Crippen LogP contribution in [0.4, 0.5) is 5.82 Å².